The van der Waals surface area contributed by atoms with Crippen LogP contribution in [0.25, 0.3) is 0 Å². The Labute approximate surface area is 149 Å². The predicted molar refractivity (Wildman–Crippen MR) is 91.5 cm³/mol. The summed E-state index contributed by atoms with van der Waals surface area (Å²) in [5.74, 6) is -0.987. The minimum atomic E-state index is -0.742. The Hall–Kier alpha value is -2.38. The van der Waals surface area contributed by atoms with Gasteiger partial charge in [0.15, 0.2) is 11.6 Å². The number of hydrogen-bond donors (Lipinski definition) is 2. The second kappa shape index (κ2) is 7.67. The minimum Gasteiger partial charge on any atom is -0.444 e. The Morgan fingerprint density at radius 3 is 2.72 bits per heavy atom. The summed E-state index contributed by atoms with van der Waals surface area (Å²) in [5, 5.41) is 11.8. The monoisotopic (exact) mass is 368 g/mol. The molecule has 0 saturated carbocycles. The molecule has 8 heteroatoms. The van der Waals surface area contributed by atoms with Crippen LogP contribution in [-0.4, -0.2) is 21.8 Å². The number of amides is 1. The van der Waals surface area contributed by atoms with Crippen LogP contribution in [-0.2, 0) is 11.3 Å². The highest BCUT2D eigenvalue weighted by Crippen LogP contribution is 2.34. The molecule has 6 nitrogen and oxygen atoms in total. The third kappa shape index (κ3) is 5.30. The van der Waals surface area contributed by atoms with Crippen LogP contribution in [0.3, 0.4) is 0 Å². The van der Waals surface area contributed by atoms with E-state index in [2.05, 4.69) is 10.3 Å². The molecule has 134 valence electrons. The van der Waals surface area contributed by atoms with Crippen molar-refractivity contribution in [2.75, 3.05) is 5.32 Å². The third-order valence-corrected chi connectivity index (χ3v) is 3.14. The van der Waals surface area contributed by atoms with Gasteiger partial charge in [-0.1, -0.05) is 17.7 Å². The number of carbonyl (C=O) groups excluding carboxylic acids is 1. The molecule has 0 spiro atoms. The van der Waals surface area contributed by atoms with Gasteiger partial charge in [-0.05, 0) is 44.5 Å². The largest absolute Gasteiger partial charge is 0.444 e. The molecule has 0 aliphatic rings. The lowest BCUT2D eigenvalue weighted by Gasteiger charge is -2.20. The molecule has 0 radical (unpaired) electrons. The Balaban J connectivity index is 2.33. The smallest absolute Gasteiger partial charge is 0.412 e. The van der Waals surface area contributed by atoms with Crippen LogP contribution >= 0.6 is 11.6 Å². The lowest BCUT2D eigenvalue weighted by molar-refractivity contribution is 0.0635. The summed E-state index contributed by atoms with van der Waals surface area (Å²) in [7, 11) is 0. The van der Waals surface area contributed by atoms with Crippen molar-refractivity contribution in [1.29, 1.82) is 0 Å². The molecule has 2 rings (SSSR count). The van der Waals surface area contributed by atoms with Gasteiger partial charge >= 0.3 is 6.09 Å². The Morgan fingerprint density at radius 2 is 2.12 bits per heavy atom. The van der Waals surface area contributed by atoms with Crippen LogP contribution in [0.15, 0.2) is 30.5 Å². The van der Waals surface area contributed by atoms with E-state index in [1.54, 1.807) is 20.8 Å². The van der Waals surface area contributed by atoms with E-state index in [9.17, 15) is 14.3 Å². The van der Waals surface area contributed by atoms with Crippen molar-refractivity contribution in [3.05, 3.63) is 46.9 Å². The van der Waals surface area contributed by atoms with E-state index in [0.29, 0.717) is 5.56 Å². The number of benzene rings is 1. The van der Waals surface area contributed by atoms with Gasteiger partial charge in [0.05, 0.1) is 11.6 Å². The van der Waals surface area contributed by atoms with Gasteiger partial charge in [-0.25, -0.2) is 14.2 Å². The number of hydrogen-bond acceptors (Lipinski definition) is 5. The highest BCUT2D eigenvalue weighted by atomic mass is 35.5. The molecule has 0 fully saturated rings. The summed E-state index contributed by atoms with van der Waals surface area (Å²) in [5.41, 5.74) is -0.166. The van der Waals surface area contributed by atoms with Gasteiger partial charge in [0.2, 0.25) is 5.88 Å². The van der Waals surface area contributed by atoms with E-state index in [0.717, 1.165) is 0 Å². The minimum absolute atomic E-state index is 0.0521. The molecule has 0 aliphatic heterocycles. The quantitative estimate of drug-likeness (QED) is 0.830. The number of carbonyl (C=O) groups is 1. The number of nitrogens with zero attached hydrogens (tertiary/aromatic N) is 1. The molecule has 1 heterocycles. The second-order valence-corrected chi connectivity index (χ2v) is 6.54. The maximum atomic E-state index is 13.9. The first-order chi connectivity index (χ1) is 11.7. The lowest BCUT2D eigenvalue weighted by Crippen LogP contribution is -2.27. The molecule has 1 aromatic carbocycles. The van der Waals surface area contributed by atoms with Gasteiger partial charge in [0.25, 0.3) is 0 Å². The summed E-state index contributed by atoms with van der Waals surface area (Å²) in [4.78, 5) is 16.0. The molecular formula is C17H18ClFN2O4. The normalized spacial score (nSPS) is 11.1. The van der Waals surface area contributed by atoms with Crippen molar-refractivity contribution in [3.8, 4) is 11.6 Å². The van der Waals surface area contributed by atoms with E-state index in [1.165, 1.54) is 30.5 Å². The van der Waals surface area contributed by atoms with Gasteiger partial charge in [-0.2, -0.15) is 0 Å². The first-order valence-corrected chi connectivity index (χ1v) is 7.79. The highest BCUT2D eigenvalue weighted by molar-refractivity contribution is 6.32. The maximum Gasteiger partial charge on any atom is 0.412 e. The number of rotatable bonds is 4. The van der Waals surface area contributed by atoms with Gasteiger partial charge in [0.1, 0.15) is 11.3 Å². The van der Waals surface area contributed by atoms with Gasteiger partial charge in [-0.3, -0.25) is 5.32 Å². The van der Waals surface area contributed by atoms with E-state index in [-0.39, 0.29) is 28.9 Å². The van der Waals surface area contributed by atoms with Crippen molar-refractivity contribution >= 4 is 23.4 Å². The summed E-state index contributed by atoms with van der Waals surface area (Å²) in [6.45, 7) is 4.85. The number of halogens is 2. The summed E-state index contributed by atoms with van der Waals surface area (Å²) >= 11 is 5.94. The molecule has 25 heavy (non-hydrogen) atoms. The average molecular weight is 369 g/mol. The summed E-state index contributed by atoms with van der Waals surface area (Å²) < 4.78 is 24.5. The first-order valence-electron chi connectivity index (χ1n) is 7.41. The fraction of sp³-hybridized carbons (Fsp3) is 0.294. The van der Waals surface area contributed by atoms with Crippen LogP contribution in [0.4, 0.5) is 14.9 Å². The molecule has 1 aromatic heterocycles. The SMILES string of the molecule is CC(C)(C)OC(=O)Nc1cc(CO)cnc1Oc1c(F)cccc1Cl. The number of pyridine rings is 1. The van der Waals surface area contributed by atoms with Crippen LogP contribution in [0.1, 0.15) is 26.3 Å². The Morgan fingerprint density at radius 1 is 1.40 bits per heavy atom. The number of nitrogens with one attached hydrogen (secondary N) is 1. The zero-order valence-electron chi connectivity index (χ0n) is 14.0. The van der Waals surface area contributed by atoms with Gasteiger partial charge in [0, 0.05) is 6.20 Å². The van der Waals surface area contributed by atoms with E-state index < -0.39 is 17.5 Å². The van der Waals surface area contributed by atoms with E-state index in [1.807, 2.05) is 0 Å². The number of anilines is 1. The van der Waals surface area contributed by atoms with Crippen molar-refractivity contribution in [2.45, 2.75) is 33.0 Å². The van der Waals surface area contributed by atoms with Gasteiger partial charge < -0.3 is 14.6 Å². The lowest BCUT2D eigenvalue weighted by atomic mass is 10.2. The summed E-state index contributed by atoms with van der Waals surface area (Å²) in [6, 6.07) is 5.53. The Kier molecular flexibility index (Phi) is 5.81. The molecule has 2 aromatic rings. The van der Waals surface area contributed by atoms with Crippen molar-refractivity contribution in [2.24, 2.45) is 0 Å². The average Bonchev–Trinajstić information content (AvgIpc) is 2.50. The zero-order valence-corrected chi connectivity index (χ0v) is 14.7. The number of aromatic nitrogens is 1. The van der Waals surface area contributed by atoms with E-state index >= 15 is 0 Å². The molecule has 0 bridgehead atoms. The number of aliphatic hydroxyl groups excluding tert-OH is 1. The molecule has 0 unspecified atom stereocenters. The van der Waals surface area contributed by atoms with E-state index in [4.69, 9.17) is 21.1 Å². The molecular weight excluding hydrogens is 351 g/mol. The number of aliphatic hydroxyl groups is 1. The fourth-order valence-corrected chi connectivity index (χ4v) is 2.04. The van der Waals surface area contributed by atoms with Crippen molar-refractivity contribution < 1.29 is 23.8 Å². The van der Waals surface area contributed by atoms with Crippen LogP contribution in [0.5, 0.6) is 11.6 Å². The number of para-hydroxylation sites is 1. The highest BCUT2D eigenvalue weighted by Gasteiger charge is 2.20. The molecule has 1 amide bonds. The molecule has 0 saturated heterocycles. The summed E-state index contributed by atoms with van der Waals surface area (Å²) in [6.07, 6.45) is 0.596. The first kappa shape index (κ1) is 19.0. The van der Waals surface area contributed by atoms with Crippen LogP contribution in [0, 0.1) is 5.82 Å². The maximum absolute atomic E-state index is 13.9. The topological polar surface area (TPSA) is 80.7 Å². The molecule has 2 N–H and O–H groups in total. The van der Waals surface area contributed by atoms with Crippen LogP contribution in [0.2, 0.25) is 5.02 Å². The van der Waals surface area contributed by atoms with Crippen LogP contribution < -0.4 is 10.1 Å². The molecule has 0 aliphatic carbocycles. The van der Waals surface area contributed by atoms with Crippen molar-refractivity contribution in [1.82, 2.24) is 4.98 Å². The van der Waals surface area contributed by atoms with Gasteiger partial charge in [-0.15, -0.1) is 0 Å². The third-order valence-electron chi connectivity index (χ3n) is 2.84. The second-order valence-electron chi connectivity index (χ2n) is 6.13. The predicted octanol–water partition coefficient (Wildman–Crippen LogP) is 4.51. The zero-order chi connectivity index (χ0) is 18.6. The standard InChI is InChI=1S/C17H18ClFN2O4/c1-17(2,3)25-16(23)21-13-7-10(9-22)8-20-15(13)24-14-11(18)5-4-6-12(14)19/h4-8,22H,9H2,1-3H3,(H,21,23). The fourth-order valence-electron chi connectivity index (χ4n) is 1.84. The van der Waals surface area contributed by atoms with Crippen molar-refractivity contribution in [3.63, 3.8) is 0 Å². The Bertz CT molecular complexity index is 757. The number of ether oxygens (including phenoxy) is 2. The molecule has 0 atom stereocenters.